The van der Waals surface area contributed by atoms with E-state index in [2.05, 4.69) is 21.2 Å². The normalized spacial score (nSPS) is 18.9. The molecule has 1 saturated heterocycles. The highest BCUT2D eigenvalue weighted by Crippen LogP contribution is 2.22. The minimum absolute atomic E-state index is 0.0831. The third kappa shape index (κ3) is 4.19. The van der Waals surface area contributed by atoms with Gasteiger partial charge in [-0.3, -0.25) is 4.79 Å². The lowest BCUT2D eigenvalue weighted by atomic mass is 10.2. The third-order valence-electron chi connectivity index (χ3n) is 2.92. The summed E-state index contributed by atoms with van der Waals surface area (Å²) in [6, 6.07) is 1.74. The maximum Gasteiger partial charge on any atom is 0.317 e. The van der Waals surface area contributed by atoms with E-state index in [-0.39, 0.29) is 12.5 Å². The number of hydrogen-bond acceptors (Lipinski definition) is 4. The largest absolute Gasteiger partial charge is 0.481 e. The van der Waals surface area contributed by atoms with Crippen LogP contribution in [0.5, 0.6) is 0 Å². The van der Waals surface area contributed by atoms with Gasteiger partial charge in [-0.2, -0.15) is 0 Å². The number of nitrogens with one attached hydrogen (secondary N) is 1. The van der Waals surface area contributed by atoms with Gasteiger partial charge in [-0.1, -0.05) is 0 Å². The first-order valence-corrected chi connectivity index (χ1v) is 7.81. The number of urea groups is 1. The molecule has 2 amide bonds. The van der Waals surface area contributed by atoms with Crippen molar-refractivity contribution < 1.29 is 19.4 Å². The highest BCUT2D eigenvalue weighted by atomic mass is 79.9. The molecule has 1 aliphatic rings. The topological polar surface area (TPSA) is 78.9 Å². The molecule has 1 atom stereocenters. The number of carboxylic acid groups (broad SMARTS) is 1. The van der Waals surface area contributed by atoms with Gasteiger partial charge in [0.2, 0.25) is 0 Å². The van der Waals surface area contributed by atoms with Gasteiger partial charge < -0.3 is 20.1 Å². The van der Waals surface area contributed by atoms with Crippen LogP contribution in [-0.2, 0) is 16.1 Å². The molecule has 0 spiro atoms. The number of rotatable bonds is 4. The summed E-state index contributed by atoms with van der Waals surface area (Å²) in [5, 5.41) is 13.5. The van der Waals surface area contributed by atoms with Crippen molar-refractivity contribution in [1.29, 1.82) is 0 Å². The molecule has 1 aromatic rings. The molecule has 1 fully saturated rings. The van der Waals surface area contributed by atoms with Crippen LogP contribution < -0.4 is 5.32 Å². The van der Waals surface area contributed by atoms with Crippen LogP contribution in [0.25, 0.3) is 0 Å². The van der Waals surface area contributed by atoms with Crippen molar-refractivity contribution in [1.82, 2.24) is 10.2 Å². The predicted octanol–water partition coefficient (Wildman–Crippen LogP) is 1.90. The molecule has 0 aromatic carbocycles. The molecule has 0 bridgehead atoms. The summed E-state index contributed by atoms with van der Waals surface area (Å²) >= 11 is 4.97. The lowest BCUT2D eigenvalue weighted by molar-refractivity contribution is -0.141. The summed E-state index contributed by atoms with van der Waals surface area (Å²) in [5.41, 5.74) is 0. The molecule has 0 saturated carbocycles. The van der Waals surface area contributed by atoms with Crippen LogP contribution in [0, 0.1) is 0 Å². The Morgan fingerprint density at radius 3 is 3.05 bits per heavy atom. The van der Waals surface area contributed by atoms with Gasteiger partial charge in [-0.25, -0.2) is 4.79 Å². The quantitative estimate of drug-likeness (QED) is 0.857. The summed E-state index contributed by atoms with van der Waals surface area (Å²) in [6.45, 7) is 1.61. The van der Waals surface area contributed by atoms with Crippen molar-refractivity contribution in [3.8, 4) is 0 Å². The Labute approximate surface area is 128 Å². The monoisotopic (exact) mass is 362 g/mol. The van der Waals surface area contributed by atoms with Crippen LogP contribution in [0.2, 0.25) is 0 Å². The number of morpholine rings is 1. The van der Waals surface area contributed by atoms with E-state index >= 15 is 0 Å². The zero-order chi connectivity index (χ0) is 14.5. The number of ether oxygens (including phenoxy) is 1. The Balaban J connectivity index is 1.82. The fourth-order valence-corrected chi connectivity index (χ4v) is 3.37. The Kier molecular flexibility index (Phi) is 5.38. The van der Waals surface area contributed by atoms with Gasteiger partial charge >= 0.3 is 12.0 Å². The molecule has 2 heterocycles. The molecule has 1 aliphatic heterocycles. The lowest BCUT2D eigenvalue weighted by Gasteiger charge is -2.32. The number of hydrogen-bond donors (Lipinski definition) is 2. The first-order valence-electron chi connectivity index (χ1n) is 6.14. The van der Waals surface area contributed by atoms with Gasteiger partial charge in [0.1, 0.15) is 0 Å². The smallest absolute Gasteiger partial charge is 0.317 e. The van der Waals surface area contributed by atoms with Crippen molar-refractivity contribution in [3.05, 3.63) is 20.8 Å². The maximum absolute atomic E-state index is 12.0. The number of halogens is 1. The average molecular weight is 363 g/mol. The summed E-state index contributed by atoms with van der Waals surface area (Å²) in [5.74, 6) is -0.917. The number of thiophene rings is 1. The first-order chi connectivity index (χ1) is 9.56. The summed E-state index contributed by atoms with van der Waals surface area (Å²) in [4.78, 5) is 25.3. The average Bonchev–Trinajstić information content (AvgIpc) is 2.81. The molecular formula is C12H15BrN2O4S. The fraction of sp³-hybridized carbons (Fsp3) is 0.500. The first kappa shape index (κ1) is 15.3. The molecule has 0 radical (unpaired) electrons. The highest BCUT2D eigenvalue weighted by molar-refractivity contribution is 9.10. The summed E-state index contributed by atoms with van der Waals surface area (Å²) in [6.07, 6.45) is -0.513. The Morgan fingerprint density at radius 1 is 1.60 bits per heavy atom. The molecule has 1 aromatic heterocycles. The molecule has 20 heavy (non-hydrogen) atoms. The molecule has 1 unspecified atom stereocenters. The van der Waals surface area contributed by atoms with Crippen LogP contribution in [0.15, 0.2) is 15.9 Å². The van der Waals surface area contributed by atoms with Crippen LogP contribution in [-0.4, -0.2) is 47.8 Å². The number of nitrogens with zero attached hydrogens (tertiary/aromatic N) is 1. The molecular weight excluding hydrogens is 348 g/mol. The third-order valence-corrected chi connectivity index (χ3v) is 4.85. The minimum atomic E-state index is -0.917. The van der Waals surface area contributed by atoms with Gasteiger partial charge in [-0.15, -0.1) is 11.3 Å². The number of carbonyl (C=O) groups excluding carboxylic acids is 1. The van der Waals surface area contributed by atoms with E-state index in [9.17, 15) is 9.59 Å². The number of carboxylic acids is 1. The van der Waals surface area contributed by atoms with Gasteiger partial charge in [0, 0.05) is 22.4 Å². The minimum Gasteiger partial charge on any atom is -0.481 e. The van der Waals surface area contributed by atoms with Gasteiger partial charge in [0.25, 0.3) is 0 Å². The predicted molar refractivity (Wildman–Crippen MR) is 77.8 cm³/mol. The number of amides is 2. The molecule has 0 aliphatic carbocycles. The van der Waals surface area contributed by atoms with Crippen molar-refractivity contribution in [2.24, 2.45) is 0 Å². The van der Waals surface area contributed by atoms with E-state index in [1.54, 1.807) is 16.2 Å². The molecule has 110 valence electrons. The SMILES string of the molecule is O=C(O)CC1CN(C(=O)NCc2sccc2Br)CCO1. The van der Waals surface area contributed by atoms with Crippen LogP contribution >= 0.6 is 27.3 Å². The number of aliphatic carboxylic acids is 1. The fourth-order valence-electron chi connectivity index (χ4n) is 1.94. The van der Waals surface area contributed by atoms with Gasteiger partial charge in [0.15, 0.2) is 0 Å². The van der Waals surface area contributed by atoms with Crippen molar-refractivity contribution in [2.75, 3.05) is 19.7 Å². The van der Waals surface area contributed by atoms with E-state index in [0.717, 1.165) is 9.35 Å². The van der Waals surface area contributed by atoms with E-state index in [4.69, 9.17) is 9.84 Å². The van der Waals surface area contributed by atoms with E-state index in [0.29, 0.717) is 26.2 Å². The van der Waals surface area contributed by atoms with E-state index in [1.807, 2.05) is 11.4 Å². The Bertz CT molecular complexity index is 494. The Morgan fingerprint density at radius 2 is 2.40 bits per heavy atom. The highest BCUT2D eigenvalue weighted by Gasteiger charge is 2.25. The van der Waals surface area contributed by atoms with Crippen molar-refractivity contribution >= 4 is 39.3 Å². The second-order valence-electron chi connectivity index (χ2n) is 4.39. The second-order valence-corrected chi connectivity index (χ2v) is 6.24. The van der Waals surface area contributed by atoms with Gasteiger partial charge in [-0.05, 0) is 27.4 Å². The molecule has 2 rings (SSSR count). The molecule has 6 nitrogen and oxygen atoms in total. The maximum atomic E-state index is 12.0. The van der Waals surface area contributed by atoms with Crippen LogP contribution in [0.1, 0.15) is 11.3 Å². The number of carbonyl (C=O) groups is 2. The second kappa shape index (κ2) is 7.05. The zero-order valence-electron chi connectivity index (χ0n) is 10.7. The summed E-state index contributed by atoms with van der Waals surface area (Å²) < 4.78 is 6.31. The van der Waals surface area contributed by atoms with E-state index < -0.39 is 12.1 Å². The van der Waals surface area contributed by atoms with Gasteiger partial charge in [0.05, 0.1) is 25.7 Å². The summed E-state index contributed by atoms with van der Waals surface area (Å²) in [7, 11) is 0. The molecule has 8 heteroatoms. The lowest BCUT2D eigenvalue weighted by Crippen LogP contribution is -2.49. The van der Waals surface area contributed by atoms with E-state index in [1.165, 1.54) is 0 Å². The Hall–Kier alpha value is -1.12. The standard InChI is InChI=1S/C12H15BrN2O4S/c13-9-1-4-20-10(9)6-14-12(18)15-2-3-19-8(7-15)5-11(16)17/h1,4,8H,2-3,5-7H2,(H,14,18)(H,16,17). The van der Waals surface area contributed by atoms with Crippen molar-refractivity contribution in [3.63, 3.8) is 0 Å². The van der Waals surface area contributed by atoms with Crippen LogP contribution in [0.4, 0.5) is 4.79 Å². The zero-order valence-corrected chi connectivity index (χ0v) is 13.1. The van der Waals surface area contributed by atoms with Crippen molar-refractivity contribution in [2.45, 2.75) is 19.1 Å². The molecule has 2 N–H and O–H groups in total. The van der Waals surface area contributed by atoms with Crippen LogP contribution in [0.3, 0.4) is 0 Å².